The highest BCUT2D eigenvalue weighted by Gasteiger charge is 2.25. The van der Waals surface area contributed by atoms with Crippen LogP contribution in [0.3, 0.4) is 0 Å². The van der Waals surface area contributed by atoms with Crippen molar-refractivity contribution in [3.8, 4) is 10.4 Å². The molecule has 0 spiro atoms. The first-order chi connectivity index (χ1) is 10.6. The molecule has 3 aromatic rings. The lowest BCUT2D eigenvalue weighted by Crippen LogP contribution is -2.20. The monoisotopic (exact) mass is 315 g/mol. The number of hydrogen-bond acceptors (Lipinski definition) is 5. The van der Waals surface area contributed by atoms with Crippen molar-refractivity contribution in [2.75, 3.05) is 6.54 Å². The lowest BCUT2D eigenvalue weighted by Gasteiger charge is -2.08. The van der Waals surface area contributed by atoms with E-state index in [1.165, 1.54) is 11.3 Å². The van der Waals surface area contributed by atoms with Gasteiger partial charge in [-0.05, 0) is 31.9 Å². The van der Waals surface area contributed by atoms with E-state index in [2.05, 4.69) is 32.4 Å². The molecule has 0 aliphatic carbocycles. The van der Waals surface area contributed by atoms with Gasteiger partial charge in [0.25, 0.3) is 5.56 Å². The average Bonchev–Trinajstić information content (AvgIpc) is 3.17. The van der Waals surface area contributed by atoms with Crippen LogP contribution in [0.2, 0.25) is 0 Å². The molecule has 3 N–H and O–H groups in total. The van der Waals surface area contributed by atoms with E-state index in [0.29, 0.717) is 10.6 Å². The van der Waals surface area contributed by atoms with E-state index >= 15 is 0 Å². The van der Waals surface area contributed by atoms with Crippen LogP contribution in [-0.2, 0) is 0 Å². The summed E-state index contributed by atoms with van der Waals surface area (Å²) in [7, 11) is 0. The number of aryl methyl sites for hydroxylation is 1. The highest BCUT2D eigenvalue weighted by atomic mass is 32.1. The lowest BCUT2D eigenvalue weighted by atomic mass is 10.1. The molecular weight excluding hydrogens is 298 g/mol. The van der Waals surface area contributed by atoms with Crippen LogP contribution in [0, 0.1) is 12.8 Å². The van der Waals surface area contributed by atoms with Gasteiger partial charge in [0.15, 0.2) is 0 Å². The third kappa shape index (κ3) is 2.17. The molecule has 6 nitrogen and oxygen atoms in total. The Balaban J connectivity index is 1.81. The lowest BCUT2D eigenvalue weighted by molar-refractivity contribution is 0.583. The Bertz CT molecular complexity index is 893. The predicted octanol–water partition coefficient (Wildman–Crippen LogP) is 2.35. The number of nitrogens with one attached hydrogen (secondary N) is 3. The van der Waals surface area contributed by atoms with Crippen molar-refractivity contribution in [2.45, 2.75) is 26.3 Å². The number of fused-ring (bicyclic) bond motifs is 1. The number of aromatic amines is 2. The summed E-state index contributed by atoms with van der Waals surface area (Å²) >= 11 is 1.46. The average molecular weight is 315 g/mol. The topological polar surface area (TPSA) is 86.5 Å². The number of hydrogen-bond donors (Lipinski definition) is 3. The summed E-state index contributed by atoms with van der Waals surface area (Å²) in [4.78, 5) is 21.0. The van der Waals surface area contributed by atoms with Gasteiger partial charge in [-0.15, -0.1) is 11.3 Å². The molecule has 1 aliphatic heterocycles. The molecule has 114 valence electrons. The van der Waals surface area contributed by atoms with Crippen molar-refractivity contribution in [3.05, 3.63) is 34.1 Å². The van der Waals surface area contributed by atoms with Crippen LogP contribution >= 0.6 is 11.3 Å². The zero-order valence-corrected chi connectivity index (χ0v) is 13.3. The molecule has 22 heavy (non-hydrogen) atoms. The maximum Gasteiger partial charge on any atom is 0.268 e. The van der Waals surface area contributed by atoms with Gasteiger partial charge in [0.05, 0.1) is 17.8 Å². The maximum atomic E-state index is 12.4. The Hall–Kier alpha value is -1.99. The molecule has 4 heterocycles. The molecule has 0 radical (unpaired) electrons. The van der Waals surface area contributed by atoms with Crippen LogP contribution in [0.1, 0.15) is 30.9 Å². The van der Waals surface area contributed by atoms with E-state index in [0.717, 1.165) is 40.4 Å². The van der Waals surface area contributed by atoms with Crippen molar-refractivity contribution >= 4 is 21.6 Å². The smallest absolute Gasteiger partial charge is 0.268 e. The van der Waals surface area contributed by atoms with Gasteiger partial charge in [-0.3, -0.25) is 9.89 Å². The molecule has 0 bridgehead atoms. The number of rotatable bonds is 2. The number of nitrogens with zero attached hydrogens (tertiary/aromatic N) is 2. The van der Waals surface area contributed by atoms with E-state index in [4.69, 9.17) is 0 Å². The Kier molecular flexibility index (Phi) is 3.12. The first-order valence-electron chi connectivity index (χ1n) is 7.39. The second-order valence-electron chi connectivity index (χ2n) is 5.99. The second-order valence-corrected chi connectivity index (χ2v) is 7.04. The van der Waals surface area contributed by atoms with E-state index in [9.17, 15) is 4.79 Å². The van der Waals surface area contributed by atoms with Crippen molar-refractivity contribution in [3.63, 3.8) is 0 Å². The standard InChI is InChI=1S/C15H17N5OS/c1-7-3-11(16-5-7)14-18-10-4-12(9-6-17-20-8(9)2)22-13(10)15(21)19-14/h4,6-7,11,16H,3,5H2,1-2H3,(H,17,20)(H,18,19,21)/t7-,11-/m0/s1. The van der Waals surface area contributed by atoms with Crippen molar-refractivity contribution in [1.29, 1.82) is 0 Å². The number of thiophene rings is 1. The van der Waals surface area contributed by atoms with Gasteiger partial charge in [0, 0.05) is 16.1 Å². The minimum absolute atomic E-state index is 0.0567. The summed E-state index contributed by atoms with van der Waals surface area (Å²) in [5, 5.41) is 10.4. The largest absolute Gasteiger partial charge is 0.308 e. The SMILES string of the molecule is Cc1[nH]ncc1-c1cc2nc([C@@H]3C[C@H](C)CN3)[nH]c(=O)c2s1. The van der Waals surface area contributed by atoms with Crippen LogP contribution in [-0.4, -0.2) is 26.7 Å². The molecule has 4 rings (SSSR count). The molecular formula is C15H17N5OS. The van der Waals surface area contributed by atoms with Crippen LogP contribution in [0.5, 0.6) is 0 Å². The first-order valence-corrected chi connectivity index (χ1v) is 8.21. The van der Waals surface area contributed by atoms with Crippen molar-refractivity contribution in [2.24, 2.45) is 5.92 Å². The van der Waals surface area contributed by atoms with Gasteiger partial charge in [0.2, 0.25) is 0 Å². The van der Waals surface area contributed by atoms with Crippen molar-refractivity contribution in [1.82, 2.24) is 25.5 Å². The summed E-state index contributed by atoms with van der Waals surface area (Å²) < 4.78 is 0.672. The van der Waals surface area contributed by atoms with E-state index < -0.39 is 0 Å². The minimum Gasteiger partial charge on any atom is -0.308 e. The summed E-state index contributed by atoms with van der Waals surface area (Å²) in [5.74, 6) is 1.35. The summed E-state index contributed by atoms with van der Waals surface area (Å²) in [6.07, 6.45) is 2.79. The summed E-state index contributed by atoms with van der Waals surface area (Å²) in [5.41, 5.74) is 2.73. The quantitative estimate of drug-likeness (QED) is 0.677. The second kappa shape index (κ2) is 5.03. The number of aromatic nitrogens is 4. The fourth-order valence-corrected chi connectivity index (χ4v) is 4.03. The molecule has 1 saturated heterocycles. The van der Waals surface area contributed by atoms with Crippen molar-refractivity contribution < 1.29 is 0 Å². The first kappa shape index (κ1) is 13.7. The fraction of sp³-hybridized carbons (Fsp3) is 0.400. The van der Waals surface area contributed by atoms with Crippen LogP contribution < -0.4 is 10.9 Å². The van der Waals surface area contributed by atoms with Gasteiger partial charge < -0.3 is 10.3 Å². The molecule has 0 aromatic carbocycles. The Morgan fingerprint density at radius 3 is 2.95 bits per heavy atom. The van der Waals surface area contributed by atoms with Crippen LogP contribution in [0.15, 0.2) is 17.1 Å². The highest BCUT2D eigenvalue weighted by molar-refractivity contribution is 7.22. The normalized spacial score (nSPS) is 21.7. The highest BCUT2D eigenvalue weighted by Crippen LogP contribution is 2.33. The van der Waals surface area contributed by atoms with Gasteiger partial charge in [-0.1, -0.05) is 6.92 Å². The third-order valence-corrected chi connectivity index (χ3v) is 5.33. The third-order valence-electron chi connectivity index (χ3n) is 4.18. The van der Waals surface area contributed by atoms with E-state index in [1.54, 1.807) is 6.20 Å². The molecule has 1 aliphatic rings. The zero-order chi connectivity index (χ0) is 15.3. The molecule has 0 unspecified atom stereocenters. The molecule has 7 heteroatoms. The maximum absolute atomic E-state index is 12.4. The predicted molar refractivity (Wildman–Crippen MR) is 87.1 cm³/mol. The van der Waals surface area contributed by atoms with Gasteiger partial charge in [-0.2, -0.15) is 5.10 Å². The van der Waals surface area contributed by atoms with Crippen LogP contribution in [0.25, 0.3) is 20.7 Å². The van der Waals surface area contributed by atoms with E-state index in [-0.39, 0.29) is 11.6 Å². The molecule has 1 fully saturated rings. The summed E-state index contributed by atoms with van der Waals surface area (Å²) in [6, 6.07) is 2.13. The minimum atomic E-state index is -0.0567. The zero-order valence-electron chi connectivity index (χ0n) is 12.4. The van der Waals surface area contributed by atoms with E-state index in [1.807, 2.05) is 13.0 Å². The Morgan fingerprint density at radius 1 is 1.41 bits per heavy atom. The van der Waals surface area contributed by atoms with Crippen LogP contribution in [0.4, 0.5) is 0 Å². The van der Waals surface area contributed by atoms with Gasteiger partial charge in [0.1, 0.15) is 10.5 Å². The summed E-state index contributed by atoms with van der Waals surface area (Å²) in [6.45, 7) is 5.14. The Morgan fingerprint density at radius 2 is 2.27 bits per heavy atom. The molecule has 2 atom stereocenters. The number of H-pyrrole nitrogens is 2. The molecule has 3 aromatic heterocycles. The Labute approximate surface area is 131 Å². The molecule has 0 amide bonds. The van der Waals surface area contributed by atoms with Gasteiger partial charge in [-0.25, -0.2) is 4.98 Å². The molecule has 0 saturated carbocycles. The fourth-order valence-electron chi connectivity index (χ4n) is 2.98. The van der Waals surface area contributed by atoms with Gasteiger partial charge >= 0.3 is 0 Å².